The Morgan fingerprint density at radius 1 is 0.692 bits per heavy atom. The van der Waals surface area contributed by atoms with Crippen molar-refractivity contribution < 1.29 is 54.8 Å². The molecule has 0 N–H and O–H groups in total. The summed E-state index contributed by atoms with van der Waals surface area (Å²) in [7, 11) is 0.241. The molecule has 0 aromatic carbocycles. The number of nitrogens with zero attached hydrogens (tertiary/aromatic N) is 1. The van der Waals surface area contributed by atoms with Gasteiger partial charge >= 0.3 is 37.7 Å². The summed E-state index contributed by atoms with van der Waals surface area (Å²) in [4.78, 5) is 0. The van der Waals surface area contributed by atoms with Crippen molar-refractivity contribution >= 4 is 17.6 Å². The summed E-state index contributed by atoms with van der Waals surface area (Å²) in [6, 6.07) is 0. The molecule has 0 aliphatic rings. The van der Waals surface area contributed by atoms with Crippen molar-refractivity contribution in [3.63, 3.8) is 0 Å². The van der Waals surface area contributed by atoms with Crippen LogP contribution in [-0.4, -0.2) is 17.6 Å². The van der Waals surface area contributed by atoms with Gasteiger partial charge in [-0.05, 0) is 0 Å². The van der Waals surface area contributed by atoms with Gasteiger partial charge in [0.2, 0.25) is 0 Å². The molecular formula is C7H18CuLi2NSi2+. The maximum Gasteiger partial charge on any atom is 1.00 e. The second kappa shape index (κ2) is 37.3. The minimum Gasteiger partial charge on any atom is -0.512 e. The molecule has 0 rings (SSSR count). The molecular weight excluding hydrogens is 232 g/mol. The second-order valence-corrected chi connectivity index (χ2v) is 9.00. The molecule has 0 amide bonds. The van der Waals surface area contributed by atoms with Gasteiger partial charge in [-0.3, -0.25) is 0 Å². The third kappa shape index (κ3) is 688. The molecule has 0 fully saturated rings. The number of hydrogen-bond acceptors (Lipinski definition) is 1. The van der Waals surface area contributed by atoms with Crippen LogP contribution in [0.4, 0.5) is 0 Å². The van der Waals surface area contributed by atoms with Crippen LogP contribution < -0.4 is 37.7 Å². The average Bonchev–Trinajstić information content (AvgIpc) is 1.66. The zero-order valence-corrected chi connectivity index (χ0v) is 13.2. The Hall–Kier alpha value is 1.64. The van der Waals surface area contributed by atoms with E-state index in [2.05, 4.69) is 39.3 Å². The van der Waals surface area contributed by atoms with Crippen LogP contribution in [0.1, 0.15) is 0 Å². The molecule has 13 heavy (non-hydrogen) atoms. The van der Waals surface area contributed by atoms with Gasteiger partial charge in [-0.1, -0.05) is 39.3 Å². The van der Waals surface area contributed by atoms with Crippen LogP contribution in [0.25, 0.3) is 0 Å². The van der Waals surface area contributed by atoms with E-state index in [1.165, 1.54) is 0 Å². The fraction of sp³-hybridized carbons (Fsp3) is 0.857. The molecule has 0 unspecified atom stereocenters. The van der Waals surface area contributed by atoms with Crippen LogP contribution in [0.3, 0.4) is 0 Å². The maximum absolute atomic E-state index is 6.25. The van der Waals surface area contributed by atoms with Gasteiger partial charge in [-0.25, -0.2) is 0 Å². The SMILES string of the molecule is C[Si](C)C.C[Si](C)C.[C-]#N.[Cu].[Li+].[Li+]. The first-order chi connectivity index (χ1) is 4.46. The third-order valence-electron chi connectivity index (χ3n) is 0. The predicted molar refractivity (Wildman–Crippen MR) is 51.7 cm³/mol. The fourth-order valence-electron chi connectivity index (χ4n) is 0. The molecule has 0 aliphatic heterocycles. The van der Waals surface area contributed by atoms with Gasteiger partial charge < -0.3 is 11.8 Å². The van der Waals surface area contributed by atoms with Crippen LogP contribution in [0.2, 0.25) is 39.3 Å². The molecule has 1 nitrogen and oxygen atoms in total. The molecule has 0 saturated heterocycles. The zero-order chi connectivity index (χ0) is 9.15. The van der Waals surface area contributed by atoms with Gasteiger partial charge in [0.25, 0.3) is 0 Å². The summed E-state index contributed by atoms with van der Waals surface area (Å²) in [5.74, 6) is 0. The van der Waals surface area contributed by atoms with Crippen molar-refractivity contribution in [2.45, 2.75) is 39.3 Å². The monoisotopic (exact) mass is 249 g/mol. The van der Waals surface area contributed by atoms with Gasteiger partial charge in [0, 0.05) is 34.7 Å². The molecule has 0 heterocycles. The first-order valence-electron chi connectivity index (χ1n) is 3.22. The smallest absolute Gasteiger partial charge is 0.512 e. The van der Waals surface area contributed by atoms with Crippen molar-refractivity contribution in [1.82, 2.24) is 0 Å². The van der Waals surface area contributed by atoms with E-state index in [9.17, 15) is 0 Å². The van der Waals surface area contributed by atoms with Crippen LogP contribution in [0.5, 0.6) is 0 Å². The number of hydrogen-bond donors (Lipinski definition) is 0. The van der Waals surface area contributed by atoms with Crippen molar-refractivity contribution in [1.29, 1.82) is 5.26 Å². The number of rotatable bonds is 0. The molecule has 6 heteroatoms. The quantitative estimate of drug-likeness (QED) is 0.329. The topological polar surface area (TPSA) is 23.8 Å². The molecule has 3 radical (unpaired) electrons. The van der Waals surface area contributed by atoms with Crippen molar-refractivity contribution in [2.24, 2.45) is 0 Å². The molecule has 0 aliphatic carbocycles. The first-order valence-corrected chi connectivity index (χ1v) is 9.22. The van der Waals surface area contributed by atoms with E-state index in [1.807, 2.05) is 0 Å². The largest absolute Gasteiger partial charge is 1.00 e. The van der Waals surface area contributed by atoms with Crippen LogP contribution in [0, 0.1) is 11.8 Å². The normalized spacial score (nSPS) is 5.69. The Morgan fingerprint density at radius 2 is 0.692 bits per heavy atom. The Bertz CT molecular complexity index is 61.2. The van der Waals surface area contributed by atoms with Crippen LogP contribution in [-0.2, 0) is 17.1 Å². The minimum atomic E-state index is 0. The van der Waals surface area contributed by atoms with Gasteiger partial charge in [-0.2, -0.15) is 0 Å². The summed E-state index contributed by atoms with van der Waals surface area (Å²) in [6.07, 6.45) is 0. The first kappa shape index (κ1) is 36.5. The molecule has 0 aromatic rings. The average molecular weight is 250 g/mol. The van der Waals surface area contributed by atoms with Gasteiger partial charge in [0.05, 0.1) is 0 Å². The second-order valence-electron chi connectivity index (χ2n) is 3.00. The maximum atomic E-state index is 6.25. The minimum absolute atomic E-state index is 0. The van der Waals surface area contributed by atoms with E-state index in [4.69, 9.17) is 11.8 Å². The Balaban J connectivity index is -0.0000000133. The molecule has 0 spiro atoms. The standard InChI is InChI=1S/2C3H9Si.CN.Cu.2Li/c2*1-4(2)3;1-2;;;/h2*1-3H3;;;;/q;;-1;;2*+1. The van der Waals surface area contributed by atoms with Crippen molar-refractivity contribution in [3.05, 3.63) is 6.57 Å². The summed E-state index contributed by atoms with van der Waals surface area (Å²) in [5.41, 5.74) is 0. The molecule has 0 aromatic heterocycles. The summed E-state index contributed by atoms with van der Waals surface area (Å²) >= 11 is 0. The van der Waals surface area contributed by atoms with E-state index in [1.54, 1.807) is 0 Å². The van der Waals surface area contributed by atoms with Crippen molar-refractivity contribution in [3.8, 4) is 0 Å². The summed E-state index contributed by atoms with van der Waals surface area (Å²) < 4.78 is 0. The summed E-state index contributed by atoms with van der Waals surface area (Å²) in [6.45, 7) is 18.4. The van der Waals surface area contributed by atoms with E-state index in [-0.39, 0.29) is 72.4 Å². The Labute approximate surface area is 122 Å². The summed E-state index contributed by atoms with van der Waals surface area (Å²) in [5, 5.41) is 6.25. The van der Waals surface area contributed by atoms with E-state index in [0.717, 1.165) is 0 Å². The van der Waals surface area contributed by atoms with Gasteiger partial charge in [0.1, 0.15) is 0 Å². The van der Waals surface area contributed by atoms with Crippen LogP contribution in [0.15, 0.2) is 0 Å². The van der Waals surface area contributed by atoms with E-state index < -0.39 is 0 Å². The van der Waals surface area contributed by atoms with Gasteiger partial charge in [0.15, 0.2) is 0 Å². The predicted octanol–water partition coefficient (Wildman–Crippen LogP) is -3.16. The molecule has 0 bridgehead atoms. The molecule has 71 valence electrons. The fourth-order valence-corrected chi connectivity index (χ4v) is 0. The van der Waals surface area contributed by atoms with E-state index in [0.29, 0.717) is 0 Å². The molecule has 0 atom stereocenters. The Kier molecular flexibility index (Phi) is 105. The zero-order valence-electron chi connectivity index (χ0n) is 10.2. The van der Waals surface area contributed by atoms with Crippen molar-refractivity contribution in [2.75, 3.05) is 0 Å². The van der Waals surface area contributed by atoms with Gasteiger partial charge in [-0.15, -0.1) is 0 Å². The molecule has 0 saturated carbocycles. The van der Waals surface area contributed by atoms with Crippen LogP contribution >= 0.6 is 0 Å². The third-order valence-corrected chi connectivity index (χ3v) is 0. The Morgan fingerprint density at radius 3 is 0.692 bits per heavy atom. The van der Waals surface area contributed by atoms with E-state index >= 15 is 0 Å².